The Morgan fingerprint density at radius 3 is 1.97 bits per heavy atom. The first-order chi connectivity index (χ1) is 17.8. The highest BCUT2D eigenvalue weighted by molar-refractivity contribution is 9.10. The summed E-state index contributed by atoms with van der Waals surface area (Å²) in [5.41, 5.74) is 7.42. The molecule has 36 heavy (non-hydrogen) atoms. The number of rotatable bonds is 5. The molecule has 0 spiro atoms. The first-order valence-corrected chi connectivity index (χ1v) is 13.1. The van der Waals surface area contributed by atoms with Crippen LogP contribution in [0.1, 0.15) is 12.0 Å². The summed E-state index contributed by atoms with van der Waals surface area (Å²) in [5, 5.41) is 2.58. The Labute approximate surface area is 221 Å². The van der Waals surface area contributed by atoms with Gasteiger partial charge in [0.25, 0.3) is 0 Å². The maximum atomic E-state index is 3.59. The molecule has 2 heteroatoms. The minimum absolute atomic E-state index is 0.229. The molecule has 0 fully saturated rings. The number of hydrogen-bond donors (Lipinski definition) is 0. The summed E-state index contributed by atoms with van der Waals surface area (Å²) >= 11 is 3.59. The Bertz CT molecular complexity index is 1540. The molecular formula is C34H26BrN. The van der Waals surface area contributed by atoms with E-state index in [2.05, 4.69) is 160 Å². The molecule has 174 valence electrons. The van der Waals surface area contributed by atoms with Gasteiger partial charge >= 0.3 is 0 Å². The standard InChI is InChI=1S/C34H26BrN/c35-29-17-23-32(24-18-29)36(30-19-13-26(14-20-30)25-7-2-1-3-8-25)31-21-15-28(16-22-31)34-12-6-10-27-9-4-5-11-33(27)34/h1-21,23-24,31H,22H2. The summed E-state index contributed by atoms with van der Waals surface area (Å²) in [7, 11) is 0. The van der Waals surface area contributed by atoms with Crippen LogP contribution in [0.4, 0.5) is 11.4 Å². The van der Waals surface area contributed by atoms with Crippen molar-refractivity contribution in [2.45, 2.75) is 12.5 Å². The van der Waals surface area contributed by atoms with E-state index in [0.717, 1.165) is 10.9 Å². The van der Waals surface area contributed by atoms with E-state index in [1.54, 1.807) is 0 Å². The fraction of sp³-hybridized carbons (Fsp3) is 0.0588. The fourth-order valence-corrected chi connectivity index (χ4v) is 5.32. The number of hydrogen-bond acceptors (Lipinski definition) is 1. The summed E-state index contributed by atoms with van der Waals surface area (Å²) < 4.78 is 1.09. The molecule has 6 rings (SSSR count). The van der Waals surface area contributed by atoms with Gasteiger partial charge in [0.15, 0.2) is 0 Å². The molecule has 0 saturated carbocycles. The molecule has 0 bridgehead atoms. The second-order valence-electron chi connectivity index (χ2n) is 9.11. The van der Waals surface area contributed by atoms with Gasteiger partial charge in [-0.25, -0.2) is 0 Å². The Morgan fingerprint density at radius 2 is 1.25 bits per heavy atom. The van der Waals surface area contributed by atoms with E-state index in [1.165, 1.54) is 44.4 Å². The van der Waals surface area contributed by atoms with Gasteiger partial charge in [-0.15, -0.1) is 0 Å². The van der Waals surface area contributed by atoms with E-state index in [4.69, 9.17) is 0 Å². The second-order valence-corrected chi connectivity index (χ2v) is 10.0. The predicted octanol–water partition coefficient (Wildman–Crippen LogP) is 9.82. The summed E-state index contributed by atoms with van der Waals surface area (Å²) in [4.78, 5) is 2.44. The van der Waals surface area contributed by atoms with Gasteiger partial charge in [0.05, 0.1) is 6.04 Å². The molecule has 0 aromatic heterocycles. The highest BCUT2D eigenvalue weighted by Crippen LogP contribution is 2.36. The Hall–Kier alpha value is -3.88. The first-order valence-electron chi connectivity index (χ1n) is 12.3. The van der Waals surface area contributed by atoms with Crippen molar-refractivity contribution >= 4 is 43.7 Å². The SMILES string of the molecule is Brc1ccc(N(c2ccc(-c3ccccc3)cc2)C2C=CC(c3cccc4ccccc34)=CC2)cc1. The number of anilines is 2. The van der Waals surface area contributed by atoms with Crippen molar-refractivity contribution in [2.75, 3.05) is 4.90 Å². The Morgan fingerprint density at radius 1 is 0.611 bits per heavy atom. The van der Waals surface area contributed by atoms with Gasteiger partial charge in [0, 0.05) is 15.8 Å². The van der Waals surface area contributed by atoms with Gasteiger partial charge in [0.2, 0.25) is 0 Å². The minimum atomic E-state index is 0.229. The summed E-state index contributed by atoms with van der Waals surface area (Å²) in [6, 6.07) is 43.5. The van der Waals surface area contributed by atoms with Crippen LogP contribution in [0, 0.1) is 0 Å². The summed E-state index contributed by atoms with van der Waals surface area (Å²) in [5.74, 6) is 0. The maximum absolute atomic E-state index is 3.59. The zero-order valence-corrected chi connectivity index (χ0v) is 21.5. The molecule has 1 unspecified atom stereocenters. The normalized spacial score (nSPS) is 15.0. The summed E-state index contributed by atoms with van der Waals surface area (Å²) in [6.07, 6.45) is 7.96. The van der Waals surface area contributed by atoms with E-state index in [9.17, 15) is 0 Å². The van der Waals surface area contributed by atoms with E-state index < -0.39 is 0 Å². The number of benzene rings is 5. The average Bonchev–Trinajstić information content (AvgIpc) is 2.95. The molecule has 5 aromatic rings. The lowest BCUT2D eigenvalue weighted by molar-refractivity contribution is 0.787. The van der Waals surface area contributed by atoms with Gasteiger partial charge < -0.3 is 4.90 Å². The minimum Gasteiger partial charge on any atom is -0.334 e. The molecule has 0 radical (unpaired) electrons. The van der Waals surface area contributed by atoms with Gasteiger partial charge in [-0.3, -0.25) is 0 Å². The lowest BCUT2D eigenvalue weighted by atomic mass is 9.92. The average molecular weight is 528 g/mol. The highest BCUT2D eigenvalue weighted by Gasteiger charge is 2.21. The van der Waals surface area contributed by atoms with Crippen molar-refractivity contribution in [3.05, 3.63) is 150 Å². The van der Waals surface area contributed by atoms with Crippen LogP contribution in [0.3, 0.4) is 0 Å². The largest absolute Gasteiger partial charge is 0.334 e. The van der Waals surface area contributed by atoms with Crippen LogP contribution in [0.5, 0.6) is 0 Å². The quantitative estimate of drug-likeness (QED) is 0.219. The molecule has 0 heterocycles. The van der Waals surface area contributed by atoms with Crippen LogP contribution in [-0.4, -0.2) is 6.04 Å². The third-order valence-corrected chi connectivity index (χ3v) is 7.40. The second kappa shape index (κ2) is 10.0. The van der Waals surface area contributed by atoms with E-state index >= 15 is 0 Å². The first kappa shape index (κ1) is 22.6. The molecule has 1 aliphatic carbocycles. The smallest absolute Gasteiger partial charge is 0.0560 e. The molecule has 1 nitrogen and oxygen atoms in total. The molecule has 0 N–H and O–H groups in total. The lowest BCUT2D eigenvalue weighted by Crippen LogP contribution is -2.30. The van der Waals surface area contributed by atoms with Crippen molar-refractivity contribution in [2.24, 2.45) is 0 Å². The van der Waals surface area contributed by atoms with Crippen molar-refractivity contribution in [1.29, 1.82) is 0 Å². The van der Waals surface area contributed by atoms with Gasteiger partial charge in [-0.05, 0) is 75.9 Å². The number of fused-ring (bicyclic) bond motifs is 1. The predicted molar refractivity (Wildman–Crippen MR) is 158 cm³/mol. The van der Waals surface area contributed by atoms with Crippen molar-refractivity contribution in [3.8, 4) is 11.1 Å². The Kier molecular flexibility index (Phi) is 6.27. The fourth-order valence-electron chi connectivity index (χ4n) is 5.06. The van der Waals surface area contributed by atoms with Crippen LogP contribution < -0.4 is 4.90 Å². The maximum Gasteiger partial charge on any atom is 0.0560 e. The molecule has 0 saturated heterocycles. The molecule has 0 aliphatic heterocycles. The van der Waals surface area contributed by atoms with Crippen LogP contribution in [0.15, 0.2) is 144 Å². The van der Waals surface area contributed by atoms with E-state index in [-0.39, 0.29) is 6.04 Å². The Balaban J connectivity index is 1.33. The third kappa shape index (κ3) is 4.53. The van der Waals surface area contributed by atoms with Crippen LogP contribution >= 0.6 is 15.9 Å². The van der Waals surface area contributed by atoms with Crippen molar-refractivity contribution < 1.29 is 0 Å². The van der Waals surface area contributed by atoms with Crippen LogP contribution in [0.2, 0.25) is 0 Å². The molecular weight excluding hydrogens is 502 g/mol. The zero-order chi connectivity index (χ0) is 24.3. The third-order valence-electron chi connectivity index (χ3n) is 6.87. The van der Waals surface area contributed by atoms with E-state index in [1.807, 2.05) is 0 Å². The topological polar surface area (TPSA) is 3.24 Å². The van der Waals surface area contributed by atoms with E-state index in [0.29, 0.717) is 0 Å². The van der Waals surface area contributed by atoms with Gasteiger partial charge in [-0.1, -0.05) is 119 Å². The van der Waals surface area contributed by atoms with Crippen LogP contribution in [-0.2, 0) is 0 Å². The summed E-state index contributed by atoms with van der Waals surface area (Å²) in [6.45, 7) is 0. The van der Waals surface area contributed by atoms with Gasteiger partial charge in [-0.2, -0.15) is 0 Å². The molecule has 0 amide bonds. The van der Waals surface area contributed by atoms with Crippen molar-refractivity contribution in [1.82, 2.24) is 0 Å². The zero-order valence-electron chi connectivity index (χ0n) is 19.9. The number of halogens is 1. The monoisotopic (exact) mass is 527 g/mol. The molecule has 1 aliphatic rings. The molecule has 5 aromatic carbocycles. The highest BCUT2D eigenvalue weighted by atomic mass is 79.9. The number of allylic oxidation sites excluding steroid dienone is 2. The van der Waals surface area contributed by atoms with Gasteiger partial charge in [0.1, 0.15) is 0 Å². The number of nitrogens with zero attached hydrogens (tertiary/aromatic N) is 1. The molecule has 1 atom stereocenters. The lowest BCUT2D eigenvalue weighted by Gasteiger charge is -2.33. The van der Waals surface area contributed by atoms with Crippen molar-refractivity contribution in [3.63, 3.8) is 0 Å². The van der Waals surface area contributed by atoms with Crippen LogP contribution in [0.25, 0.3) is 27.5 Å².